The van der Waals surface area contributed by atoms with E-state index >= 15 is 0 Å². The number of hydrogen-bond donors (Lipinski definition) is 1. The molecule has 3 rings (SSSR count). The van der Waals surface area contributed by atoms with E-state index in [1.165, 1.54) is 30.5 Å². The summed E-state index contributed by atoms with van der Waals surface area (Å²) in [5.41, 5.74) is 3.35. The van der Waals surface area contributed by atoms with Crippen molar-refractivity contribution in [3.8, 4) is 11.5 Å². The molecule has 0 bridgehead atoms. The summed E-state index contributed by atoms with van der Waals surface area (Å²) in [5.74, 6) is 0.793. The lowest BCUT2D eigenvalue weighted by Crippen LogP contribution is -2.02. The first-order valence-corrected chi connectivity index (χ1v) is 6.79. The molecular formula is C14H15N3S. The molecule has 0 amide bonds. The fourth-order valence-electron chi connectivity index (χ4n) is 2.42. The number of pyridine rings is 1. The highest BCUT2D eigenvalue weighted by molar-refractivity contribution is 7.71. The van der Waals surface area contributed by atoms with E-state index in [1.54, 1.807) is 6.20 Å². The van der Waals surface area contributed by atoms with Crippen LogP contribution in [0.2, 0.25) is 0 Å². The second-order valence-electron chi connectivity index (χ2n) is 4.62. The first-order valence-electron chi connectivity index (χ1n) is 6.38. The molecule has 0 aromatic carbocycles. The van der Waals surface area contributed by atoms with E-state index in [9.17, 15) is 0 Å². The van der Waals surface area contributed by atoms with Gasteiger partial charge in [0, 0.05) is 17.5 Å². The van der Waals surface area contributed by atoms with Gasteiger partial charge in [0.2, 0.25) is 0 Å². The maximum Gasteiger partial charge on any atom is 0.157 e. The molecule has 4 heteroatoms. The molecule has 0 spiro atoms. The van der Waals surface area contributed by atoms with Crippen LogP contribution in [0, 0.1) is 4.64 Å². The standard InChI is InChI=1S/C14H15N3S/c18-14-10-6-2-1-3-7-11(10)16-13(17-14)12-8-4-5-9-15-12/h4-5,8-9H,1-3,6-7H2,(H,16,17,18). The molecule has 1 aliphatic rings. The summed E-state index contributed by atoms with van der Waals surface area (Å²) < 4.78 is 0.742. The highest BCUT2D eigenvalue weighted by Crippen LogP contribution is 2.22. The van der Waals surface area contributed by atoms with Gasteiger partial charge in [-0.2, -0.15) is 0 Å². The Morgan fingerprint density at radius 2 is 2.00 bits per heavy atom. The van der Waals surface area contributed by atoms with Gasteiger partial charge in [0.1, 0.15) is 10.3 Å². The topological polar surface area (TPSA) is 41.6 Å². The number of nitrogens with zero attached hydrogens (tertiary/aromatic N) is 2. The molecule has 0 saturated carbocycles. The van der Waals surface area contributed by atoms with E-state index in [1.807, 2.05) is 18.2 Å². The van der Waals surface area contributed by atoms with Crippen molar-refractivity contribution >= 4 is 12.2 Å². The predicted octanol–water partition coefficient (Wildman–Crippen LogP) is 3.47. The number of aryl methyl sites for hydroxylation is 1. The van der Waals surface area contributed by atoms with Crippen LogP contribution in [0.15, 0.2) is 24.4 Å². The molecule has 3 nitrogen and oxygen atoms in total. The van der Waals surface area contributed by atoms with Gasteiger partial charge < -0.3 is 4.98 Å². The Bertz CT molecular complexity index is 604. The Kier molecular flexibility index (Phi) is 3.19. The zero-order valence-electron chi connectivity index (χ0n) is 10.1. The Hall–Kier alpha value is -1.55. The van der Waals surface area contributed by atoms with Crippen LogP contribution in [-0.4, -0.2) is 15.0 Å². The maximum atomic E-state index is 5.43. The van der Waals surface area contributed by atoms with E-state index in [2.05, 4.69) is 15.0 Å². The van der Waals surface area contributed by atoms with Gasteiger partial charge in [0.25, 0.3) is 0 Å². The zero-order valence-corrected chi connectivity index (χ0v) is 11.0. The fraction of sp³-hybridized carbons (Fsp3) is 0.357. The van der Waals surface area contributed by atoms with Crippen LogP contribution in [0.3, 0.4) is 0 Å². The number of aromatic nitrogens is 3. The molecule has 0 saturated heterocycles. The number of nitrogens with one attached hydrogen (secondary N) is 1. The number of fused-ring (bicyclic) bond motifs is 1. The summed E-state index contributed by atoms with van der Waals surface area (Å²) in [6.07, 6.45) is 7.62. The van der Waals surface area contributed by atoms with Crippen LogP contribution >= 0.6 is 12.2 Å². The monoisotopic (exact) mass is 257 g/mol. The third kappa shape index (κ3) is 2.20. The third-order valence-electron chi connectivity index (χ3n) is 3.37. The molecule has 2 heterocycles. The van der Waals surface area contributed by atoms with Gasteiger partial charge in [-0.1, -0.05) is 24.7 Å². The molecule has 0 aliphatic heterocycles. The van der Waals surface area contributed by atoms with Crippen molar-refractivity contribution in [2.24, 2.45) is 0 Å². The first-order chi connectivity index (χ1) is 8.84. The number of H-pyrrole nitrogens is 1. The molecule has 1 N–H and O–H groups in total. The molecule has 92 valence electrons. The molecule has 0 fully saturated rings. The predicted molar refractivity (Wildman–Crippen MR) is 73.9 cm³/mol. The van der Waals surface area contributed by atoms with Crippen LogP contribution in [0.5, 0.6) is 0 Å². The molecule has 0 unspecified atom stereocenters. The largest absolute Gasteiger partial charge is 0.342 e. The Morgan fingerprint density at radius 1 is 1.11 bits per heavy atom. The summed E-state index contributed by atoms with van der Waals surface area (Å²) in [7, 11) is 0. The first kappa shape index (κ1) is 11.5. The molecular weight excluding hydrogens is 242 g/mol. The number of rotatable bonds is 1. The Labute approximate surface area is 111 Å². The van der Waals surface area contributed by atoms with Gasteiger partial charge in [-0.05, 0) is 37.8 Å². The minimum absolute atomic E-state index is 0.742. The van der Waals surface area contributed by atoms with Gasteiger partial charge in [-0.25, -0.2) is 4.98 Å². The fourth-order valence-corrected chi connectivity index (χ4v) is 2.74. The van der Waals surface area contributed by atoms with Crippen LogP contribution in [0.1, 0.15) is 30.5 Å². The zero-order chi connectivity index (χ0) is 12.4. The molecule has 2 aromatic heterocycles. The van der Waals surface area contributed by atoms with Crippen molar-refractivity contribution in [3.05, 3.63) is 40.3 Å². The molecule has 0 radical (unpaired) electrons. The van der Waals surface area contributed by atoms with Gasteiger partial charge >= 0.3 is 0 Å². The SMILES string of the molecule is S=c1nc(-c2ccccn2)[nH]c2c1CCCCC2. The summed E-state index contributed by atoms with van der Waals surface area (Å²) in [6.45, 7) is 0. The smallest absolute Gasteiger partial charge is 0.157 e. The van der Waals surface area contributed by atoms with Crippen molar-refractivity contribution < 1.29 is 0 Å². The van der Waals surface area contributed by atoms with Crippen molar-refractivity contribution in [3.63, 3.8) is 0 Å². The van der Waals surface area contributed by atoms with E-state index < -0.39 is 0 Å². The summed E-state index contributed by atoms with van der Waals surface area (Å²) in [5, 5.41) is 0. The van der Waals surface area contributed by atoms with E-state index in [4.69, 9.17) is 12.2 Å². The summed E-state index contributed by atoms with van der Waals surface area (Å²) >= 11 is 5.43. The second kappa shape index (κ2) is 4.98. The normalized spacial score (nSPS) is 14.9. The van der Waals surface area contributed by atoms with Gasteiger partial charge in [-0.3, -0.25) is 4.98 Å². The minimum atomic E-state index is 0.742. The van der Waals surface area contributed by atoms with Gasteiger partial charge in [0.05, 0.1) is 0 Å². The minimum Gasteiger partial charge on any atom is -0.342 e. The lowest BCUT2D eigenvalue weighted by molar-refractivity contribution is 0.708. The Balaban J connectivity index is 2.11. The number of hydrogen-bond acceptors (Lipinski definition) is 3. The molecule has 1 aliphatic carbocycles. The highest BCUT2D eigenvalue weighted by Gasteiger charge is 2.13. The third-order valence-corrected chi connectivity index (χ3v) is 3.70. The molecule has 2 aromatic rings. The summed E-state index contributed by atoms with van der Waals surface area (Å²) in [6, 6.07) is 5.82. The molecule has 18 heavy (non-hydrogen) atoms. The lowest BCUT2D eigenvalue weighted by Gasteiger charge is -2.08. The van der Waals surface area contributed by atoms with Crippen LogP contribution in [-0.2, 0) is 12.8 Å². The summed E-state index contributed by atoms with van der Waals surface area (Å²) in [4.78, 5) is 12.2. The van der Waals surface area contributed by atoms with E-state index in [-0.39, 0.29) is 0 Å². The quantitative estimate of drug-likeness (QED) is 0.628. The van der Waals surface area contributed by atoms with Crippen LogP contribution in [0.25, 0.3) is 11.5 Å². The van der Waals surface area contributed by atoms with Crippen molar-refractivity contribution in [2.45, 2.75) is 32.1 Å². The van der Waals surface area contributed by atoms with Crippen LogP contribution in [0.4, 0.5) is 0 Å². The van der Waals surface area contributed by atoms with Gasteiger partial charge in [-0.15, -0.1) is 0 Å². The average Bonchev–Trinajstić information content (AvgIpc) is 2.65. The lowest BCUT2D eigenvalue weighted by atomic mass is 10.1. The number of aromatic amines is 1. The average molecular weight is 257 g/mol. The van der Waals surface area contributed by atoms with E-state index in [0.29, 0.717) is 0 Å². The van der Waals surface area contributed by atoms with Crippen LogP contribution < -0.4 is 0 Å². The Morgan fingerprint density at radius 3 is 2.83 bits per heavy atom. The maximum absolute atomic E-state index is 5.43. The van der Waals surface area contributed by atoms with Gasteiger partial charge in [0.15, 0.2) is 5.82 Å². The van der Waals surface area contributed by atoms with Crippen molar-refractivity contribution in [1.29, 1.82) is 0 Å². The van der Waals surface area contributed by atoms with Crippen molar-refractivity contribution in [2.75, 3.05) is 0 Å². The highest BCUT2D eigenvalue weighted by atomic mass is 32.1. The van der Waals surface area contributed by atoms with E-state index in [0.717, 1.165) is 29.0 Å². The molecule has 0 atom stereocenters. The van der Waals surface area contributed by atoms with Crippen molar-refractivity contribution in [1.82, 2.24) is 15.0 Å². The second-order valence-corrected chi connectivity index (χ2v) is 5.01.